The molecule has 6 heteroatoms. The molecule has 94 valence electrons. The van der Waals surface area contributed by atoms with Crippen LogP contribution >= 0.6 is 0 Å². The van der Waals surface area contributed by atoms with Gasteiger partial charge >= 0.3 is 6.18 Å². The quantitative estimate of drug-likeness (QED) is 0.456. The Bertz CT molecular complexity index is 355. The molecule has 3 nitrogen and oxygen atoms in total. The summed E-state index contributed by atoms with van der Waals surface area (Å²) in [6.45, 7) is 0.427. The summed E-state index contributed by atoms with van der Waals surface area (Å²) >= 11 is 0. The first kappa shape index (κ1) is 13.6. The number of hydrogen-bond acceptors (Lipinski definition) is 2. The van der Waals surface area contributed by atoms with E-state index < -0.39 is 11.7 Å². The number of carbonyl (C=O) groups is 1. The van der Waals surface area contributed by atoms with Gasteiger partial charge in [0.05, 0.1) is 13.1 Å². The van der Waals surface area contributed by atoms with Crippen molar-refractivity contribution in [2.75, 3.05) is 26.2 Å². The minimum absolute atomic E-state index is 0.00537. The summed E-state index contributed by atoms with van der Waals surface area (Å²) in [7, 11) is 0. The van der Waals surface area contributed by atoms with Crippen molar-refractivity contribution in [1.82, 2.24) is 10.2 Å². The molecule has 1 aliphatic heterocycles. The third kappa shape index (κ3) is 4.11. The normalized spacial score (nSPS) is 16.4. The lowest BCUT2D eigenvalue weighted by atomic mass is 10.1. The molecular weight excluding hydrogens is 233 g/mol. The van der Waals surface area contributed by atoms with Gasteiger partial charge in [0, 0.05) is 18.7 Å². The maximum atomic E-state index is 12.3. The van der Waals surface area contributed by atoms with Crippen LogP contribution in [-0.2, 0) is 4.79 Å². The number of terminal acetylenes is 1. The second-order valence-corrected chi connectivity index (χ2v) is 3.62. The monoisotopic (exact) mass is 246 g/mol. The first-order valence-electron chi connectivity index (χ1n) is 5.13. The average Bonchev–Trinajstić information content (AvgIpc) is 2.28. The number of hydrogen-bond donors (Lipinski definition) is 1. The summed E-state index contributed by atoms with van der Waals surface area (Å²) < 4.78 is 36.9. The molecule has 0 aromatic heterocycles. The fraction of sp³-hybridized carbons (Fsp3) is 0.545. The molecule has 0 atom stereocenters. The highest BCUT2D eigenvalue weighted by Crippen LogP contribution is 2.29. The van der Waals surface area contributed by atoms with E-state index in [1.54, 1.807) is 0 Å². The molecule has 1 N–H and O–H groups in total. The van der Waals surface area contributed by atoms with Gasteiger partial charge in [-0.25, -0.2) is 0 Å². The lowest BCUT2D eigenvalue weighted by Crippen LogP contribution is -2.41. The van der Waals surface area contributed by atoms with E-state index in [0.29, 0.717) is 0 Å². The van der Waals surface area contributed by atoms with Crippen molar-refractivity contribution < 1.29 is 18.0 Å². The second kappa shape index (κ2) is 5.73. The predicted molar refractivity (Wildman–Crippen MR) is 57.0 cm³/mol. The Morgan fingerprint density at radius 3 is 2.76 bits per heavy atom. The molecule has 1 heterocycles. The summed E-state index contributed by atoms with van der Waals surface area (Å²) in [5.74, 6) is 2.07. The Balaban J connectivity index is 2.44. The SMILES string of the molecule is C#CCNCC(=O)N1CC=C(C(F)(F)F)CC1. The standard InChI is InChI=1S/C11H13F3N2O/c1-2-5-15-8-10(17)16-6-3-9(4-7-16)11(12,13)14/h1,3,15H,4-8H2. The van der Waals surface area contributed by atoms with E-state index >= 15 is 0 Å². The molecule has 0 aromatic rings. The molecule has 17 heavy (non-hydrogen) atoms. The first-order chi connectivity index (χ1) is 7.95. The van der Waals surface area contributed by atoms with Crippen molar-refractivity contribution in [2.45, 2.75) is 12.6 Å². The number of halogens is 3. The highest BCUT2D eigenvalue weighted by Gasteiger charge is 2.35. The van der Waals surface area contributed by atoms with E-state index in [2.05, 4.69) is 11.2 Å². The summed E-state index contributed by atoms with van der Waals surface area (Å²) in [5.41, 5.74) is -0.557. The average molecular weight is 246 g/mol. The summed E-state index contributed by atoms with van der Waals surface area (Å²) in [5, 5.41) is 2.70. The fourth-order valence-electron chi connectivity index (χ4n) is 1.51. The third-order valence-corrected chi connectivity index (χ3v) is 2.43. The smallest absolute Gasteiger partial charge is 0.338 e. The Labute approximate surface area is 97.7 Å². The van der Waals surface area contributed by atoms with Crippen LogP contribution in [0.25, 0.3) is 0 Å². The fourth-order valence-corrected chi connectivity index (χ4v) is 1.51. The molecule has 0 aromatic carbocycles. The van der Waals surface area contributed by atoms with Gasteiger partial charge in [-0.3, -0.25) is 10.1 Å². The van der Waals surface area contributed by atoms with Crippen molar-refractivity contribution in [1.29, 1.82) is 0 Å². The summed E-state index contributed by atoms with van der Waals surface area (Å²) in [6.07, 6.45) is 1.62. The highest BCUT2D eigenvalue weighted by molar-refractivity contribution is 5.78. The minimum atomic E-state index is -4.28. The maximum absolute atomic E-state index is 12.3. The van der Waals surface area contributed by atoms with Gasteiger partial charge in [0.2, 0.25) is 5.91 Å². The second-order valence-electron chi connectivity index (χ2n) is 3.62. The van der Waals surface area contributed by atoms with Gasteiger partial charge in [0.1, 0.15) is 0 Å². The van der Waals surface area contributed by atoms with E-state index in [4.69, 9.17) is 6.42 Å². The topological polar surface area (TPSA) is 32.3 Å². The number of alkyl halides is 3. The predicted octanol–water partition coefficient (Wildman–Crippen LogP) is 0.930. The van der Waals surface area contributed by atoms with Gasteiger partial charge in [0.25, 0.3) is 0 Å². The van der Waals surface area contributed by atoms with Crippen LogP contribution in [0.15, 0.2) is 11.6 Å². The van der Waals surface area contributed by atoms with E-state index in [1.165, 1.54) is 4.90 Å². The molecule has 0 saturated heterocycles. The molecule has 0 unspecified atom stereocenters. The molecule has 1 rings (SSSR count). The van der Waals surface area contributed by atoms with Crippen LogP contribution in [0.4, 0.5) is 13.2 Å². The van der Waals surface area contributed by atoms with Crippen molar-refractivity contribution in [3.63, 3.8) is 0 Å². The van der Waals surface area contributed by atoms with E-state index in [9.17, 15) is 18.0 Å². The van der Waals surface area contributed by atoms with Crippen molar-refractivity contribution in [2.24, 2.45) is 0 Å². The van der Waals surface area contributed by atoms with Gasteiger partial charge in [-0.1, -0.05) is 12.0 Å². The van der Waals surface area contributed by atoms with Crippen LogP contribution in [0.5, 0.6) is 0 Å². The van der Waals surface area contributed by atoms with Gasteiger partial charge < -0.3 is 4.90 Å². The van der Waals surface area contributed by atoms with Crippen LogP contribution in [0, 0.1) is 12.3 Å². The maximum Gasteiger partial charge on any atom is 0.412 e. The van der Waals surface area contributed by atoms with Crippen LogP contribution in [-0.4, -0.2) is 43.2 Å². The Kier molecular flexibility index (Phi) is 4.58. The third-order valence-electron chi connectivity index (χ3n) is 2.43. The van der Waals surface area contributed by atoms with Crippen molar-refractivity contribution in [3.05, 3.63) is 11.6 Å². The lowest BCUT2D eigenvalue weighted by Gasteiger charge is -2.27. The molecular formula is C11H13F3N2O. The Hall–Kier alpha value is -1.48. The molecule has 1 amide bonds. The number of carbonyl (C=O) groups excluding carboxylic acids is 1. The van der Waals surface area contributed by atoms with Crippen molar-refractivity contribution >= 4 is 5.91 Å². The zero-order valence-electron chi connectivity index (χ0n) is 9.18. The van der Waals surface area contributed by atoms with Gasteiger partial charge in [0.15, 0.2) is 0 Å². The number of nitrogens with one attached hydrogen (secondary N) is 1. The molecule has 0 radical (unpaired) electrons. The van der Waals surface area contributed by atoms with E-state index in [1.807, 2.05) is 0 Å². The number of rotatable bonds is 3. The molecule has 0 saturated carbocycles. The van der Waals surface area contributed by atoms with Crippen LogP contribution < -0.4 is 5.32 Å². The van der Waals surface area contributed by atoms with Crippen LogP contribution in [0.3, 0.4) is 0 Å². The lowest BCUT2D eigenvalue weighted by molar-refractivity contribution is -0.131. The van der Waals surface area contributed by atoms with Crippen LogP contribution in [0.2, 0.25) is 0 Å². The molecule has 0 fully saturated rings. The molecule has 1 aliphatic rings. The van der Waals surface area contributed by atoms with Crippen LogP contribution in [0.1, 0.15) is 6.42 Å². The summed E-state index contributed by atoms with van der Waals surface area (Å²) in [6, 6.07) is 0. The Morgan fingerprint density at radius 2 is 2.29 bits per heavy atom. The zero-order valence-corrected chi connectivity index (χ0v) is 9.18. The van der Waals surface area contributed by atoms with Gasteiger partial charge in [-0.15, -0.1) is 6.42 Å². The minimum Gasteiger partial charge on any atom is -0.338 e. The number of nitrogens with zero attached hydrogens (tertiary/aromatic N) is 1. The van der Waals surface area contributed by atoms with Gasteiger partial charge in [-0.2, -0.15) is 13.2 Å². The zero-order chi connectivity index (χ0) is 12.9. The largest absolute Gasteiger partial charge is 0.412 e. The van der Waals surface area contributed by atoms with E-state index in [-0.39, 0.29) is 38.5 Å². The van der Waals surface area contributed by atoms with Crippen molar-refractivity contribution in [3.8, 4) is 12.3 Å². The molecule has 0 aliphatic carbocycles. The number of amides is 1. The summed E-state index contributed by atoms with van der Waals surface area (Å²) in [4.78, 5) is 12.9. The molecule has 0 spiro atoms. The van der Waals surface area contributed by atoms with Gasteiger partial charge in [-0.05, 0) is 6.42 Å². The highest BCUT2D eigenvalue weighted by atomic mass is 19.4. The van der Waals surface area contributed by atoms with E-state index in [0.717, 1.165) is 6.08 Å². The first-order valence-corrected chi connectivity index (χ1v) is 5.13. The Morgan fingerprint density at radius 1 is 1.59 bits per heavy atom. The molecule has 0 bridgehead atoms.